The second-order valence-corrected chi connectivity index (χ2v) is 4.83. The van der Waals surface area contributed by atoms with Gasteiger partial charge in [0.15, 0.2) is 0 Å². The topological polar surface area (TPSA) is 28.2 Å². The first-order valence-electron chi connectivity index (χ1n) is 5.85. The van der Waals surface area contributed by atoms with Gasteiger partial charge in [-0.3, -0.25) is 0 Å². The van der Waals surface area contributed by atoms with Crippen molar-refractivity contribution < 1.29 is 0 Å². The van der Waals surface area contributed by atoms with Crippen molar-refractivity contribution in [3.63, 3.8) is 0 Å². The van der Waals surface area contributed by atoms with Crippen LogP contribution in [0.25, 0.3) is 0 Å². The molecule has 0 amide bonds. The van der Waals surface area contributed by atoms with Gasteiger partial charge in [-0.25, -0.2) is 4.98 Å². The number of aromatic nitrogens is 1. The van der Waals surface area contributed by atoms with Crippen LogP contribution in [-0.2, 0) is 6.54 Å². The van der Waals surface area contributed by atoms with Crippen molar-refractivity contribution in [2.45, 2.75) is 27.3 Å². The average Bonchev–Trinajstić information content (AvgIpc) is 2.19. The number of hydrogen-bond donors (Lipinski definition) is 1. The zero-order valence-electron chi connectivity index (χ0n) is 11.0. The van der Waals surface area contributed by atoms with Gasteiger partial charge in [-0.1, -0.05) is 19.9 Å². The van der Waals surface area contributed by atoms with Crippen molar-refractivity contribution in [3.8, 4) is 0 Å². The molecule has 0 aliphatic carbocycles. The lowest BCUT2D eigenvalue weighted by Gasteiger charge is -2.14. The molecular formula is C13H23N3. The first-order valence-corrected chi connectivity index (χ1v) is 5.85. The van der Waals surface area contributed by atoms with E-state index in [4.69, 9.17) is 0 Å². The molecule has 0 spiro atoms. The minimum atomic E-state index is 0.689. The Kier molecular flexibility index (Phi) is 4.74. The van der Waals surface area contributed by atoms with Gasteiger partial charge in [-0.15, -0.1) is 0 Å². The number of anilines is 1. The van der Waals surface area contributed by atoms with Crippen LogP contribution in [0, 0.1) is 12.8 Å². The Morgan fingerprint density at radius 3 is 2.50 bits per heavy atom. The average molecular weight is 221 g/mol. The lowest BCUT2D eigenvalue weighted by molar-refractivity contribution is 0.551. The van der Waals surface area contributed by atoms with E-state index in [9.17, 15) is 0 Å². The van der Waals surface area contributed by atoms with Crippen LogP contribution in [0.2, 0.25) is 0 Å². The van der Waals surface area contributed by atoms with Gasteiger partial charge in [-0.2, -0.15) is 0 Å². The lowest BCUT2D eigenvalue weighted by atomic mass is 10.2. The monoisotopic (exact) mass is 221 g/mol. The summed E-state index contributed by atoms with van der Waals surface area (Å²) in [6.45, 7) is 8.46. The Morgan fingerprint density at radius 1 is 1.31 bits per heavy atom. The largest absolute Gasteiger partial charge is 0.363 e. The zero-order chi connectivity index (χ0) is 12.1. The molecular weight excluding hydrogens is 198 g/mol. The summed E-state index contributed by atoms with van der Waals surface area (Å²) < 4.78 is 0. The zero-order valence-corrected chi connectivity index (χ0v) is 11.0. The Hall–Kier alpha value is -1.09. The molecule has 90 valence electrons. The predicted molar refractivity (Wildman–Crippen MR) is 69.8 cm³/mol. The number of aryl methyl sites for hydroxylation is 1. The Bertz CT molecular complexity index is 332. The summed E-state index contributed by atoms with van der Waals surface area (Å²) >= 11 is 0. The normalized spacial score (nSPS) is 10.9. The van der Waals surface area contributed by atoms with E-state index in [1.54, 1.807) is 0 Å². The minimum Gasteiger partial charge on any atom is -0.363 e. The maximum Gasteiger partial charge on any atom is 0.128 e. The van der Waals surface area contributed by atoms with E-state index in [2.05, 4.69) is 43.2 Å². The highest BCUT2D eigenvalue weighted by atomic mass is 15.1. The second-order valence-electron chi connectivity index (χ2n) is 4.83. The minimum absolute atomic E-state index is 0.689. The molecule has 1 heterocycles. The van der Waals surface area contributed by atoms with Crippen molar-refractivity contribution >= 4 is 5.82 Å². The van der Waals surface area contributed by atoms with Crippen molar-refractivity contribution in [1.29, 1.82) is 0 Å². The summed E-state index contributed by atoms with van der Waals surface area (Å²) in [4.78, 5) is 6.58. The smallest absolute Gasteiger partial charge is 0.128 e. The highest BCUT2D eigenvalue weighted by molar-refractivity contribution is 5.39. The maximum absolute atomic E-state index is 4.56. The first kappa shape index (κ1) is 13.0. The molecule has 1 aromatic rings. The molecule has 1 N–H and O–H groups in total. The third-order valence-corrected chi connectivity index (χ3v) is 2.51. The molecule has 1 aromatic heterocycles. The maximum atomic E-state index is 4.56. The first-order chi connectivity index (χ1) is 7.50. The van der Waals surface area contributed by atoms with Crippen LogP contribution >= 0.6 is 0 Å². The molecule has 3 heteroatoms. The molecule has 3 nitrogen and oxygen atoms in total. The van der Waals surface area contributed by atoms with Gasteiger partial charge in [-0.05, 0) is 31.0 Å². The molecule has 0 aromatic carbocycles. The van der Waals surface area contributed by atoms with Gasteiger partial charge >= 0.3 is 0 Å². The van der Waals surface area contributed by atoms with Crippen molar-refractivity contribution in [1.82, 2.24) is 10.3 Å². The van der Waals surface area contributed by atoms with Crippen LogP contribution in [0.15, 0.2) is 12.1 Å². The molecule has 0 saturated heterocycles. The van der Waals surface area contributed by atoms with Crippen molar-refractivity contribution in [2.75, 3.05) is 25.5 Å². The molecule has 16 heavy (non-hydrogen) atoms. The van der Waals surface area contributed by atoms with Gasteiger partial charge in [0.05, 0.1) is 0 Å². The number of nitrogens with zero attached hydrogens (tertiary/aromatic N) is 2. The van der Waals surface area contributed by atoms with E-state index in [-0.39, 0.29) is 0 Å². The summed E-state index contributed by atoms with van der Waals surface area (Å²) in [6, 6.07) is 4.23. The van der Waals surface area contributed by atoms with E-state index >= 15 is 0 Å². The molecule has 0 fully saturated rings. The summed E-state index contributed by atoms with van der Waals surface area (Å²) in [7, 11) is 4.02. The van der Waals surface area contributed by atoms with Gasteiger partial charge in [0, 0.05) is 26.3 Å². The summed E-state index contributed by atoms with van der Waals surface area (Å²) in [5.74, 6) is 1.71. The van der Waals surface area contributed by atoms with Crippen LogP contribution in [0.3, 0.4) is 0 Å². The number of rotatable bonds is 5. The molecule has 0 atom stereocenters. The number of nitrogens with one attached hydrogen (secondary N) is 1. The van der Waals surface area contributed by atoms with E-state index in [0.29, 0.717) is 5.92 Å². The van der Waals surface area contributed by atoms with Gasteiger partial charge in [0.2, 0.25) is 0 Å². The van der Waals surface area contributed by atoms with Crippen molar-refractivity contribution in [2.24, 2.45) is 5.92 Å². The number of pyridine rings is 1. The summed E-state index contributed by atoms with van der Waals surface area (Å²) in [5, 5.41) is 3.44. The Balaban J connectivity index is 2.61. The fourth-order valence-corrected chi connectivity index (χ4v) is 1.51. The van der Waals surface area contributed by atoms with Crippen LogP contribution < -0.4 is 10.2 Å². The van der Waals surface area contributed by atoms with Gasteiger partial charge in [0.25, 0.3) is 0 Å². The fraction of sp³-hybridized carbons (Fsp3) is 0.615. The SMILES string of the molecule is Cc1nc(N(C)C)ccc1CNCC(C)C. The summed E-state index contributed by atoms with van der Waals surface area (Å²) in [5.41, 5.74) is 2.40. The van der Waals surface area contributed by atoms with Crippen LogP contribution in [-0.4, -0.2) is 25.6 Å². The molecule has 1 rings (SSSR count). The standard InChI is InChI=1S/C13H23N3/c1-10(2)8-14-9-12-6-7-13(16(4)5)15-11(12)3/h6-7,10,14H,8-9H2,1-5H3. The molecule has 0 unspecified atom stereocenters. The Morgan fingerprint density at radius 2 is 2.00 bits per heavy atom. The molecule has 0 saturated carbocycles. The second kappa shape index (κ2) is 5.85. The van der Waals surface area contributed by atoms with E-state index in [1.807, 2.05) is 19.0 Å². The molecule has 0 aliphatic rings. The van der Waals surface area contributed by atoms with Crippen molar-refractivity contribution in [3.05, 3.63) is 23.4 Å². The highest BCUT2D eigenvalue weighted by Gasteiger charge is 2.03. The van der Waals surface area contributed by atoms with E-state index in [1.165, 1.54) is 5.56 Å². The quantitative estimate of drug-likeness (QED) is 0.826. The van der Waals surface area contributed by atoms with Crippen LogP contribution in [0.4, 0.5) is 5.82 Å². The lowest BCUT2D eigenvalue weighted by Crippen LogP contribution is -2.20. The molecule has 0 bridgehead atoms. The van der Waals surface area contributed by atoms with Crippen LogP contribution in [0.5, 0.6) is 0 Å². The Labute approximate surface area is 98.9 Å². The third-order valence-electron chi connectivity index (χ3n) is 2.51. The summed E-state index contributed by atoms with van der Waals surface area (Å²) in [6.07, 6.45) is 0. The van der Waals surface area contributed by atoms with Crippen LogP contribution in [0.1, 0.15) is 25.1 Å². The van der Waals surface area contributed by atoms with E-state index in [0.717, 1.165) is 24.6 Å². The number of hydrogen-bond acceptors (Lipinski definition) is 3. The van der Waals surface area contributed by atoms with Gasteiger partial charge < -0.3 is 10.2 Å². The van der Waals surface area contributed by atoms with Gasteiger partial charge in [0.1, 0.15) is 5.82 Å². The molecule has 0 radical (unpaired) electrons. The van der Waals surface area contributed by atoms with E-state index < -0.39 is 0 Å². The highest BCUT2D eigenvalue weighted by Crippen LogP contribution is 2.12. The fourth-order valence-electron chi connectivity index (χ4n) is 1.51. The third kappa shape index (κ3) is 3.81. The predicted octanol–water partition coefficient (Wildman–Crippen LogP) is 2.20. The molecule has 0 aliphatic heterocycles.